The average molecular weight is 428 g/mol. The topological polar surface area (TPSA) is 86.3 Å². The van der Waals surface area contributed by atoms with Crippen LogP contribution in [0, 0.1) is 0 Å². The molecule has 1 fully saturated rings. The summed E-state index contributed by atoms with van der Waals surface area (Å²) < 4.78 is 20.8. The summed E-state index contributed by atoms with van der Waals surface area (Å²) in [5.41, 5.74) is 2.04. The van der Waals surface area contributed by atoms with Gasteiger partial charge in [-0.25, -0.2) is 9.59 Å². The molecule has 0 aromatic heterocycles. The number of amides is 2. The van der Waals surface area contributed by atoms with Crippen molar-refractivity contribution in [3.05, 3.63) is 53.1 Å². The Hall–Kier alpha value is -3.42. The summed E-state index contributed by atoms with van der Waals surface area (Å²) in [6.45, 7) is 0.928. The van der Waals surface area contributed by atoms with E-state index in [1.54, 1.807) is 32.4 Å². The molecule has 1 aliphatic heterocycles. The van der Waals surface area contributed by atoms with E-state index < -0.39 is 5.97 Å². The number of carbonyl (C=O) groups excluding carboxylic acids is 2. The van der Waals surface area contributed by atoms with Crippen LogP contribution in [0.25, 0.3) is 0 Å². The molecular formula is C23H28N2O6. The zero-order chi connectivity index (χ0) is 22.4. The summed E-state index contributed by atoms with van der Waals surface area (Å²) in [6, 6.07) is 10.6. The highest BCUT2D eigenvalue weighted by atomic mass is 16.5. The van der Waals surface area contributed by atoms with Crippen LogP contribution in [0.5, 0.6) is 17.2 Å². The first-order chi connectivity index (χ1) is 15.0. The van der Waals surface area contributed by atoms with Crippen molar-refractivity contribution in [2.75, 3.05) is 35.0 Å². The molecule has 1 unspecified atom stereocenters. The minimum atomic E-state index is -0.490. The molecule has 0 radical (unpaired) electrons. The maximum atomic E-state index is 13.0. The number of benzene rings is 2. The zero-order valence-corrected chi connectivity index (χ0v) is 18.3. The van der Waals surface area contributed by atoms with Gasteiger partial charge in [0.15, 0.2) is 0 Å². The van der Waals surface area contributed by atoms with Gasteiger partial charge in [-0.15, -0.1) is 0 Å². The summed E-state index contributed by atoms with van der Waals surface area (Å²) >= 11 is 0. The van der Waals surface area contributed by atoms with E-state index in [2.05, 4.69) is 5.32 Å². The third-order valence-electron chi connectivity index (χ3n) is 5.43. The highest BCUT2D eigenvalue weighted by Crippen LogP contribution is 2.38. The number of methoxy groups -OCH3 is 4. The summed E-state index contributed by atoms with van der Waals surface area (Å²) in [7, 11) is 6.02. The van der Waals surface area contributed by atoms with Crippen LogP contribution in [0.2, 0.25) is 0 Å². The van der Waals surface area contributed by atoms with E-state index in [1.807, 2.05) is 23.1 Å². The zero-order valence-electron chi connectivity index (χ0n) is 18.3. The standard InChI is InChI=1S/C23H28N2O6/c1-28-16-8-9-17(21(13-16)30-3)19-6-5-11-25(19)23(27)24-14-15-7-10-20(29-2)18(12-15)22(26)31-4/h7-10,12-13,19H,5-6,11,14H2,1-4H3,(H,24,27). The Morgan fingerprint density at radius 2 is 1.77 bits per heavy atom. The highest BCUT2D eigenvalue weighted by Gasteiger charge is 2.32. The molecule has 8 nitrogen and oxygen atoms in total. The van der Waals surface area contributed by atoms with E-state index in [4.69, 9.17) is 18.9 Å². The number of likely N-dealkylation sites (tertiary alicyclic amines) is 1. The first kappa shape index (κ1) is 22.3. The van der Waals surface area contributed by atoms with E-state index >= 15 is 0 Å². The van der Waals surface area contributed by atoms with Crippen molar-refractivity contribution >= 4 is 12.0 Å². The molecule has 166 valence electrons. The molecule has 0 aliphatic carbocycles. The van der Waals surface area contributed by atoms with Crippen molar-refractivity contribution < 1.29 is 28.5 Å². The van der Waals surface area contributed by atoms with Gasteiger partial charge in [0.1, 0.15) is 22.8 Å². The second-order valence-electron chi connectivity index (χ2n) is 7.14. The average Bonchev–Trinajstić information content (AvgIpc) is 3.31. The van der Waals surface area contributed by atoms with Crippen molar-refractivity contribution in [1.29, 1.82) is 0 Å². The van der Waals surface area contributed by atoms with Crippen LogP contribution in [0.3, 0.4) is 0 Å². The van der Waals surface area contributed by atoms with Gasteiger partial charge < -0.3 is 29.2 Å². The van der Waals surface area contributed by atoms with Crippen LogP contribution < -0.4 is 19.5 Å². The van der Waals surface area contributed by atoms with E-state index in [0.717, 1.165) is 24.0 Å². The van der Waals surface area contributed by atoms with E-state index in [0.29, 0.717) is 29.4 Å². The second-order valence-corrected chi connectivity index (χ2v) is 7.14. The minimum absolute atomic E-state index is 0.0812. The van der Waals surface area contributed by atoms with Gasteiger partial charge in [0.2, 0.25) is 0 Å². The number of esters is 1. The molecule has 3 rings (SSSR count). The van der Waals surface area contributed by atoms with Crippen molar-refractivity contribution in [1.82, 2.24) is 10.2 Å². The number of carbonyl (C=O) groups is 2. The quantitative estimate of drug-likeness (QED) is 0.679. The van der Waals surface area contributed by atoms with Gasteiger partial charge in [0.05, 0.1) is 34.5 Å². The molecule has 0 spiro atoms. The minimum Gasteiger partial charge on any atom is -0.497 e. The van der Waals surface area contributed by atoms with Crippen LogP contribution in [0.15, 0.2) is 36.4 Å². The Kier molecular flexibility index (Phi) is 7.23. The summed E-state index contributed by atoms with van der Waals surface area (Å²) in [6.07, 6.45) is 1.76. The number of hydrogen-bond acceptors (Lipinski definition) is 6. The molecule has 1 saturated heterocycles. The lowest BCUT2D eigenvalue weighted by molar-refractivity contribution is 0.0597. The molecule has 2 amide bonds. The van der Waals surface area contributed by atoms with Gasteiger partial charge in [0.25, 0.3) is 0 Å². The first-order valence-electron chi connectivity index (χ1n) is 10.0. The Balaban J connectivity index is 1.73. The fraction of sp³-hybridized carbons (Fsp3) is 0.391. The Morgan fingerprint density at radius 3 is 2.45 bits per heavy atom. The van der Waals surface area contributed by atoms with Gasteiger partial charge in [-0.2, -0.15) is 0 Å². The van der Waals surface area contributed by atoms with Gasteiger partial charge in [0, 0.05) is 24.7 Å². The lowest BCUT2D eigenvalue weighted by atomic mass is 10.0. The molecule has 1 heterocycles. The normalized spacial score (nSPS) is 15.4. The lowest BCUT2D eigenvalue weighted by Gasteiger charge is -2.27. The first-order valence-corrected chi connectivity index (χ1v) is 10.0. The van der Waals surface area contributed by atoms with Gasteiger partial charge in [-0.05, 0) is 42.7 Å². The third kappa shape index (κ3) is 4.84. The van der Waals surface area contributed by atoms with Crippen LogP contribution in [-0.4, -0.2) is 51.9 Å². The Bertz CT molecular complexity index is 946. The van der Waals surface area contributed by atoms with Crippen LogP contribution >= 0.6 is 0 Å². The Labute approximate surface area is 182 Å². The number of ether oxygens (including phenoxy) is 4. The molecular weight excluding hydrogens is 400 g/mol. The third-order valence-corrected chi connectivity index (χ3v) is 5.43. The van der Waals surface area contributed by atoms with Gasteiger partial charge in [-0.3, -0.25) is 0 Å². The van der Waals surface area contributed by atoms with Gasteiger partial charge >= 0.3 is 12.0 Å². The van der Waals surface area contributed by atoms with E-state index in [-0.39, 0.29) is 18.6 Å². The van der Waals surface area contributed by atoms with Crippen molar-refractivity contribution in [3.63, 3.8) is 0 Å². The number of nitrogens with one attached hydrogen (secondary N) is 1. The SMILES string of the molecule is COC(=O)c1cc(CNC(=O)N2CCCC2c2ccc(OC)cc2OC)ccc1OC. The predicted molar refractivity (Wildman–Crippen MR) is 115 cm³/mol. The second kappa shape index (κ2) is 10.1. The maximum absolute atomic E-state index is 13.0. The largest absolute Gasteiger partial charge is 0.497 e. The molecule has 8 heteroatoms. The fourth-order valence-electron chi connectivity index (χ4n) is 3.84. The fourth-order valence-corrected chi connectivity index (χ4v) is 3.84. The van der Waals surface area contributed by atoms with Crippen LogP contribution in [0.1, 0.15) is 40.4 Å². The molecule has 0 saturated carbocycles. The molecule has 0 bridgehead atoms. The van der Waals surface area contributed by atoms with Crippen molar-refractivity contribution in [3.8, 4) is 17.2 Å². The van der Waals surface area contributed by atoms with Crippen molar-refractivity contribution in [2.45, 2.75) is 25.4 Å². The van der Waals surface area contributed by atoms with E-state index in [1.165, 1.54) is 14.2 Å². The molecule has 1 aliphatic rings. The monoisotopic (exact) mass is 428 g/mol. The predicted octanol–water partition coefficient (Wildman–Crippen LogP) is 3.55. The number of hydrogen-bond donors (Lipinski definition) is 1. The molecule has 2 aromatic carbocycles. The smallest absolute Gasteiger partial charge is 0.341 e. The summed E-state index contributed by atoms with van der Waals surface area (Å²) in [5, 5.41) is 2.95. The Morgan fingerprint density at radius 1 is 1.00 bits per heavy atom. The van der Waals surface area contributed by atoms with Crippen LogP contribution in [0.4, 0.5) is 4.79 Å². The maximum Gasteiger partial charge on any atom is 0.341 e. The molecule has 2 aromatic rings. The summed E-state index contributed by atoms with van der Waals surface area (Å²) in [4.78, 5) is 26.8. The highest BCUT2D eigenvalue weighted by molar-refractivity contribution is 5.92. The molecule has 1 atom stereocenters. The number of nitrogens with zero attached hydrogens (tertiary/aromatic N) is 1. The van der Waals surface area contributed by atoms with Gasteiger partial charge in [-0.1, -0.05) is 6.07 Å². The lowest BCUT2D eigenvalue weighted by Crippen LogP contribution is -2.39. The summed E-state index contributed by atoms with van der Waals surface area (Å²) in [5.74, 6) is 1.34. The molecule has 31 heavy (non-hydrogen) atoms. The van der Waals surface area contributed by atoms with Crippen molar-refractivity contribution in [2.24, 2.45) is 0 Å². The molecule has 1 N–H and O–H groups in total. The van der Waals surface area contributed by atoms with Crippen LogP contribution in [-0.2, 0) is 11.3 Å². The number of rotatable bonds is 7. The number of urea groups is 1. The van der Waals surface area contributed by atoms with E-state index in [9.17, 15) is 9.59 Å².